The fraction of sp³-hybridized carbons (Fsp3) is 0.211. The van der Waals surface area contributed by atoms with Crippen molar-refractivity contribution in [1.82, 2.24) is 15.3 Å². The summed E-state index contributed by atoms with van der Waals surface area (Å²) in [5, 5.41) is 6.25. The average Bonchev–Trinajstić information content (AvgIpc) is 3.38. The fourth-order valence-corrected chi connectivity index (χ4v) is 3.52. The molecule has 1 N–H and O–H groups in total. The molecule has 1 aromatic carbocycles. The Hall–Kier alpha value is -2.53. The van der Waals surface area contributed by atoms with Crippen LogP contribution in [-0.4, -0.2) is 15.9 Å². The Morgan fingerprint density at radius 2 is 2.04 bits per heavy atom. The molecule has 0 aliphatic heterocycles. The number of nitrogens with zero attached hydrogens (tertiary/aromatic N) is 2. The second kappa shape index (κ2) is 6.53. The van der Waals surface area contributed by atoms with Gasteiger partial charge in [0, 0.05) is 41.4 Å². The van der Waals surface area contributed by atoms with E-state index >= 15 is 0 Å². The molecule has 1 fully saturated rings. The maximum Gasteiger partial charge on any atom is 0.251 e. The van der Waals surface area contributed by atoms with Gasteiger partial charge in [-0.2, -0.15) is 0 Å². The van der Waals surface area contributed by atoms with Crippen molar-refractivity contribution in [3.8, 4) is 11.3 Å². The molecule has 3 aromatic rings. The lowest BCUT2D eigenvalue weighted by Crippen LogP contribution is -2.22. The highest BCUT2D eigenvalue weighted by Gasteiger charge is 2.26. The first-order valence-electron chi connectivity index (χ1n) is 8.02. The average molecular weight is 335 g/mol. The van der Waals surface area contributed by atoms with Crippen LogP contribution in [0.5, 0.6) is 0 Å². The molecular formula is C19H17N3OS. The molecule has 1 amide bonds. The van der Waals surface area contributed by atoms with Gasteiger partial charge in [-0.1, -0.05) is 18.2 Å². The Balaban J connectivity index is 1.41. The minimum atomic E-state index is -0.0812. The lowest BCUT2D eigenvalue weighted by Gasteiger charge is -2.05. The molecule has 0 bridgehead atoms. The highest BCUT2D eigenvalue weighted by atomic mass is 32.1. The smallest absolute Gasteiger partial charge is 0.251 e. The summed E-state index contributed by atoms with van der Waals surface area (Å²) < 4.78 is 0. The molecule has 0 unspecified atom stereocenters. The zero-order valence-corrected chi connectivity index (χ0v) is 13.9. The number of carbonyl (C=O) groups excluding carboxylic acids is 1. The van der Waals surface area contributed by atoms with Crippen LogP contribution >= 0.6 is 11.3 Å². The Kier molecular flexibility index (Phi) is 4.09. The molecule has 0 saturated heterocycles. The minimum Gasteiger partial charge on any atom is -0.348 e. The Morgan fingerprint density at radius 3 is 2.75 bits per heavy atom. The SMILES string of the molecule is O=C(NCc1cccnc1)c1ccc(-c2csc(C3CC3)n2)cc1. The van der Waals surface area contributed by atoms with Gasteiger partial charge in [0.2, 0.25) is 0 Å². The Bertz CT molecular complexity index is 839. The lowest BCUT2D eigenvalue weighted by atomic mass is 10.1. The highest BCUT2D eigenvalue weighted by Crippen LogP contribution is 2.42. The van der Waals surface area contributed by atoms with E-state index in [1.54, 1.807) is 23.7 Å². The first-order chi connectivity index (χ1) is 11.8. The third-order valence-electron chi connectivity index (χ3n) is 4.07. The maximum absolute atomic E-state index is 12.2. The maximum atomic E-state index is 12.2. The zero-order valence-electron chi connectivity index (χ0n) is 13.1. The van der Waals surface area contributed by atoms with Crippen LogP contribution in [0.25, 0.3) is 11.3 Å². The van der Waals surface area contributed by atoms with Gasteiger partial charge in [0.25, 0.3) is 5.91 Å². The van der Waals surface area contributed by atoms with Crippen molar-refractivity contribution in [1.29, 1.82) is 0 Å². The second-order valence-electron chi connectivity index (χ2n) is 5.97. The Morgan fingerprint density at radius 1 is 1.21 bits per heavy atom. The summed E-state index contributed by atoms with van der Waals surface area (Å²) >= 11 is 1.73. The van der Waals surface area contributed by atoms with Crippen LogP contribution in [0.1, 0.15) is 39.7 Å². The van der Waals surface area contributed by atoms with Crippen LogP contribution in [0.15, 0.2) is 54.2 Å². The van der Waals surface area contributed by atoms with E-state index in [-0.39, 0.29) is 5.91 Å². The molecule has 1 aliphatic carbocycles. The van der Waals surface area contributed by atoms with E-state index in [9.17, 15) is 4.79 Å². The topological polar surface area (TPSA) is 54.9 Å². The van der Waals surface area contributed by atoms with E-state index in [2.05, 4.69) is 15.7 Å². The van der Waals surface area contributed by atoms with Gasteiger partial charge in [0.15, 0.2) is 0 Å². The van der Waals surface area contributed by atoms with Gasteiger partial charge in [0.05, 0.1) is 10.7 Å². The summed E-state index contributed by atoms with van der Waals surface area (Å²) in [6, 6.07) is 11.4. The summed E-state index contributed by atoms with van der Waals surface area (Å²) in [5.74, 6) is 0.601. The molecular weight excluding hydrogens is 318 g/mol. The number of amides is 1. The van der Waals surface area contributed by atoms with E-state index in [1.807, 2.05) is 36.4 Å². The Labute approximate surface area is 144 Å². The van der Waals surface area contributed by atoms with Crippen molar-refractivity contribution in [2.24, 2.45) is 0 Å². The molecule has 120 valence electrons. The standard InChI is InChI=1S/C19H17N3OS/c23-18(21-11-13-2-1-9-20-10-13)15-5-3-14(4-6-15)17-12-24-19(22-17)16-7-8-16/h1-6,9-10,12,16H,7-8,11H2,(H,21,23). The molecule has 0 spiro atoms. The van der Waals surface area contributed by atoms with Gasteiger partial charge in [-0.3, -0.25) is 9.78 Å². The van der Waals surface area contributed by atoms with Crippen LogP contribution in [-0.2, 0) is 6.54 Å². The first-order valence-corrected chi connectivity index (χ1v) is 8.90. The van der Waals surface area contributed by atoms with E-state index in [0.717, 1.165) is 16.8 Å². The molecule has 2 heterocycles. The van der Waals surface area contributed by atoms with Crippen LogP contribution in [0, 0.1) is 0 Å². The van der Waals surface area contributed by atoms with Crippen molar-refractivity contribution in [2.75, 3.05) is 0 Å². The van der Waals surface area contributed by atoms with Gasteiger partial charge in [-0.05, 0) is 36.6 Å². The monoisotopic (exact) mass is 335 g/mol. The molecule has 24 heavy (non-hydrogen) atoms. The predicted octanol–water partition coefficient (Wildman–Crippen LogP) is 4.01. The van der Waals surface area contributed by atoms with E-state index in [1.165, 1.54) is 17.8 Å². The quantitative estimate of drug-likeness (QED) is 0.766. The molecule has 2 aromatic heterocycles. The molecule has 4 nitrogen and oxygen atoms in total. The van der Waals surface area contributed by atoms with Crippen molar-refractivity contribution in [3.63, 3.8) is 0 Å². The minimum absolute atomic E-state index is 0.0812. The second-order valence-corrected chi connectivity index (χ2v) is 6.86. The van der Waals surface area contributed by atoms with Gasteiger partial charge in [0.1, 0.15) is 0 Å². The molecule has 5 heteroatoms. The largest absolute Gasteiger partial charge is 0.348 e. The van der Waals surface area contributed by atoms with Crippen LogP contribution in [0.4, 0.5) is 0 Å². The highest BCUT2D eigenvalue weighted by molar-refractivity contribution is 7.10. The van der Waals surface area contributed by atoms with Crippen LogP contribution < -0.4 is 5.32 Å². The number of benzene rings is 1. The summed E-state index contributed by atoms with van der Waals surface area (Å²) in [4.78, 5) is 21.0. The summed E-state index contributed by atoms with van der Waals surface area (Å²) in [5.41, 5.74) is 3.70. The summed E-state index contributed by atoms with van der Waals surface area (Å²) in [6.07, 6.45) is 6.01. The molecule has 1 saturated carbocycles. The number of nitrogens with one attached hydrogen (secondary N) is 1. The van der Waals surface area contributed by atoms with Crippen LogP contribution in [0.2, 0.25) is 0 Å². The van der Waals surface area contributed by atoms with E-state index in [0.29, 0.717) is 18.0 Å². The summed E-state index contributed by atoms with van der Waals surface area (Å²) in [7, 11) is 0. The lowest BCUT2D eigenvalue weighted by molar-refractivity contribution is 0.0951. The van der Waals surface area contributed by atoms with E-state index < -0.39 is 0 Å². The van der Waals surface area contributed by atoms with Gasteiger partial charge >= 0.3 is 0 Å². The third-order valence-corrected chi connectivity index (χ3v) is 5.07. The number of aromatic nitrogens is 2. The van der Waals surface area contributed by atoms with Crippen LogP contribution in [0.3, 0.4) is 0 Å². The van der Waals surface area contributed by atoms with Crippen molar-refractivity contribution >= 4 is 17.2 Å². The molecule has 0 radical (unpaired) electrons. The predicted molar refractivity (Wildman–Crippen MR) is 94.9 cm³/mol. The van der Waals surface area contributed by atoms with Gasteiger partial charge in [-0.25, -0.2) is 4.98 Å². The van der Waals surface area contributed by atoms with E-state index in [4.69, 9.17) is 4.98 Å². The third kappa shape index (κ3) is 3.36. The normalized spacial score (nSPS) is 13.7. The molecule has 4 rings (SSSR count). The number of rotatable bonds is 5. The summed E-state index contributed by atoms with van der Waals surface area (Å²) in [6.45, 7) is 0.477. The fourth-order valence-electron chi connectivity index (χ4n) is 2.52. The number of hydrogen-bond acceptors (Lipinski definition) is 4. The first kappa shape index (κ1) is 15.0. The molecule has 0 atom stereocenters. The molecule has 1 aliphatic rings. The zero-order chi connectivity index (χ0) is 16.4. The number of carbonyl (C=O) groups is 1. The van der Waals surface area contributed by atoms with Crippen molar-refractivity contribution in [2.45, 2.75) is 25.3 Å². The van der Waals surface area contributed by atoms with Crippen molar-refractivity contribution < 1.29 is 4.79 Å². The van der Waals surface area contributed by atoms with Gasteiger partial charge < -0.3 is 5.32 Å². The van der Waals surface area contributed by atoms with Crippen molar-refractivity contribution in [3.05, 3.63) is 70.3 Å². The number of hydrogen-bond donors (Lipinski definition) is 1. The van der Waals surface area contributed by atoms with Gasteiger partial charge in [-0.15, -0.1) is 11.3 Å². The number of pyridine rings is 1. The number of thiazole rings is 1.